The first-order valence-electron chi connectivity index (χ1n) is 9.63. The predicted octanol–water partition coefficient (Wildman–Crippen LogP) is 2.42. The minimum absolute atomic E-state index is 0.376. The third-order valence-corrected chi connectivity index (χ3v) is 5.76. The van der Waals surface area contributed by atoms with E-state index in [1.54, 1.807) is 17.0 Å². The van der Waals surface area contributed by atoms with Crippen LogP contribution in [0.3, 0.4) is 0 Å². The summed E-state index contributed by atoms with van der Waals surface area (Å²) in [5.41, 5.74) is 2.08. The maximum absolute atomic E-state index is 12.6. The lowest BCUT2D eigenvalue weighted by Crippen LogP contribution is -2.51. The molecular formula is C21H20ClN3O4. The molecule has 0 aliphatic carbocycles. The fraction of sp³-hybridized carbons (Fsp3) is 0.333. The number of fused-ring (bicyclic) bond motifs is 2. The van der Waals surface area contributed by atoms with Crippen LogP contribution in [0.2, 0.25) is 5.02 Å². The van der Waals surface area contributed by atoms with E-state index in [4.69, 9.17) is 21.1 Å². The van der Waals surface area contributed by atoms with E-state index in [2.05, 4.69) is 9.80 Å². The van der Waals surface area contributed by atoms with Crippen LogP contribution in [-0.2, 0) is 4.79 Å². The van der Waals surface area contributed by atoms with E-state index < -0.39 is 11.7 Å². The smallest absolute Gasteiger partial charge is 0.300 e. The lowest BCUT2D eigenvalue weighted by Gasteiger charge is -2.37. The van der Waals surface area contributed by atoms with Gasteiger partial charge >= 0.3 is 5.91 Å². The molecule has 0 radical (unpaired) electrons. The highest BCUT2D eigenvalue weighted by atomic mass is 35.5. The average molecular weight is 414 g/mol. The molecule has 0 N–H and O–H groups in total. The Morgan fingerprint density at radius 2 is 1.66 bits per heavy atom. The third-order valence-electron chi connectivity index (χ3n) is 5.52. The van der Waals surface area contributed by atoms with Crippen LogP contribution in [0.15, 0.2) is 36.4 Å². The minimum Gasteiger partial charge on any atom is -0.486 e. The number of anilines is 2. The van der Waals surface area contributed by atoms with E-state index in [9.17, 15) is 9.59 Å². The summed E-state index contributed by atoms with van der Waals surface area (Å²) in [5.74, 6) is 0.107. The summed E-state index contributed by atoms with van der Waals surface area (Å²) < 4.78 is 11.2. The molecule has 0 unspecified atom stereocenters. The summed E-state index contributed by atoms with van der Waals surface area (Å²) in [6.45, 7) is 4.48. The second-order valence-corrected chi connectivity index (χ2v) is 7.74. The highest BCUT2D eigenvalue weighted by Gasteiger charge is 2.38. The van der Waals surface area contributed by atoms with Gasteiger partial charge in [0.15, 0.2) is 11.5 Å². The molecule has 8 heteroatoms. The Labute approximate surface area is 173 Å². The summed E-state index contributed by atoms with van der Waals surface area (Å²) in [6.07, 6.45) is 0. The van der Waals surface area contributed by atoms with Crippen LogP contribution in [0.4, 0.5) is 11.4 Å². The largest absolute Gasteiger partial charge is 0.486 e. The molecule has 3 heterocycles. The van der Waals surface area contributed by atoms with Crippen molar-refractivity contribution in [3.8, 4) is 11.5 Å². The van der Waals surface area contributed by atoms with Gasteiger partial charge in [0.2, 0.25) is 0 Å². The number of piperazine rings is 1. The van der Waals surface area contributed by atoms with Crippen LogP contribution < -0.4 is 19.3 Å². The van der Waals surface area contributed by atoms with Crippen molar-refractivity contribution >= 4 is 34.7 Å². The monoisotopic (exact) mass is 413 g/mol. The van der Waals surface area contributed by atoms with Gasteiger partial charge in [0.25, 0.3) is 5.78 Å². The second kappa shape index (κ2) is 7.24. The molecule has 3 aliphatic rings. The first-order chi connectivity index (χ1) is 14.1. The van der Waals surface area contributed by atoms with Crippen LogP contribution in [0.1, 0.15) is 10.4 Å². The van der Waals surface area contributed by atoms with Crippen molar-refractivity contribution < 1.29 is 19.1 Å². The molecule has 7 nitrogen and oxygen atoms in total. The van der Waals surface area contributed by atoms with Crippen molar-refractivity contribution in [2.45, 2.75) is 0 Å². The van der Waals surface area contributed by atoms with E-state index in [-0.39, 0.29) is 0 Å². The van der Waals surface area contributed by atoms with Crippen molar-refractivity contribution in [1.29, 1.82) is 0 Å². The molecule has 1 fully saturated rings. The number of Topliss-reactive ketones (excluding diaryl/α,β-unsaturated/α-hetero) is 1. The number of amides is 1. The summed E-state index contributed by atoms with van der Waals surface area (Å²) >= 11 is 6.10. The van der Waals surface area contributed by atoms with E-state index in [1.807, 2.05) is 24.3 Å². The summed E-state index contributed by atoms with van der Waals surface area (Å²) in [5, 5.41) is 0.720. The molecule has 29 heavy (non-hydrogen) atoms. The Kier molecular flexibility index (Phi) is 4.56. The van der Waals surface area contributed by atoms with Gasteiger partial charge in [0, 0.05) is 43.0 Å². The predicted molar refractivity (Wildman–Crippen MR) is 109 cm³/mol. The normalized spacial score (nSPS) is 18.9. The highest BCUT2D eigenvalue weighted by Crippen LogP contribution is 2.40. The van der Waals surface area contributed by atoms with Crippen LogP contribution >= 0.6 is 11.6 Å². The van der Waals surface area contributed by atoms with Crippen molar-refractivity contribution in [3.63, 3.8) is 0 Å². The molecule has 0 saturated carbocycles. The van der Waals surface area contributed by atoms with E-state index in [0.29, 0.717) is 42.6 Å². The molecule has 0 spiro atoms. The minimum atomic E-state index is -0.500. The number of halogens is 1. The van der Waals surface area contributed by atoms with Gasteiger partial charge in [-0.2, -0.15) is 0 Å². The van der Waals surface area contributed by atoms with Crippen molar-refractivity contribution in [2.24, 2.45) is 0 Å². The van der Waals surface area contributed by atoms with Gasteiger partial charge in [-0.3, -0.25) is 19.4 Å². The number of ether oxygens (including phenoxy) is 2. The van der Waals surface area contributed by atoms with Crippen LogP contribution in [0.25, 0.3) is 0 Å². The maximum atomic E-state index is 12.6. The average Bonchev–Trinajstić information content (AvgIpc) is 2.97. The van der Waals surface area contributed by atoms with Crippen LogP contribution in [-0.4, -0.2) is 62.7 Å². The first-order valence-corrected chi connectivity index (χ1v) is 10.0. The topological polar surface area (TPSA) is 62.3 Å². The Balaban J connectivity index is 1.31. The molecule has 150 valence electrons. The molecular weight excluding hydrogens is 394 g/mol. The number of carbonyl (C=O) groups is 2. The number of rotatable bonds is 3. The number of hydrogen-bond donors (Lipinski definition) is 0. The highest BCUT2D eigenvalue weighted by molar-refractivity contribution is 6.52. The zero-order valence-corrected chi connectivity index (χ0v) is 16.5. The van der Waals surface area contributed by atoms with Crippen molar-refractivity contribution in [1.82, 2.24) is 4.90 Å². The van der Waals surface area contributed by atoms with Gasteiger partial charge in [-0.1, -0.05) is 17.7 Å². The Bertz CT molecular complexity index is 988. The standard InChI is InChI=1S/C21H20ClN3O4/c22-14-2-1-3-15(10-14)24-6-4-23(5-7-24)13-25-17-12-19-18(28-8-9-29-19)11-16(17)20(26)21(25)27/h1-3,10-12H,4-9,13H2. The van der Waals surface area contributed by atoms with Gasteiger partial charge in [-0.25, -0.2) is 0 Å². The van der Waals surface area contributed by atoms with Gasteiger partial charge in [0.05, 0.1) is 17.9 Å². The van der Waals surface area contributed by atoms with Crippen molar-refractivity contribution in [2.75, 3.05) is 55.9 Å². The molecule has 1 saturated heterocycles. The Morgan fingerprint density at radius 1 is 0.931 bits per heavy atom. The molecule has 0 aromatic heterocycles. The van der Waals surface area contributed by atoms with E-state index >= 15 is 0 Å². The number of nitrogens with zero attached hydrogens (tertiary/aromatic N) is 3. The van der Waals surface area contributed by atoms with Gasteiger partial charge in [-0.15, -0.1) is 0 Å². The van der Waals surface area contributed by atoms with Crippen LogP contribution in [0, 0.1) is 0 Å². The molecule has 1 amide bonds. The fourth-order valence-corrected chi connectivity index (χ4v) is 4.18. The molecule has 5 rings (SSSR count). The molecule has 2 aromatic carbocycles. The fourth-order valence-electron chi connectivity index (χ4n) is 3.99. The summed E-state index contributed by atoms with van der Waals surface area (Å²) in [4.78, 5) is 31.1. The Hall–Kier alpha value is -2.77. The zero-order chi connectivity index (χ0) is 20.0. The quantitative estimate of drug-likeness (QED) is 0.720. The number of carbonyl (C=O) groups excluding carboxylic acids is 2. The summed E-state index contributed by atoms with van der Waals surface area (Å²) in [6, 6.07) is 11.2. The lowest BCUT2D eigenvalue weighted by atomic mass is 10.1. The van der Waals surface area contributed by atoms with Gasteiger partial charge in [0.1, 0.15) is 13.2 Å². The zero-order valence-electron chi connectivity index (χ0n) is 15.8. The maximum Gasteiger partial charge on any atom is 0.300 e. The Morgan fingerprint density at radius 3 is 2.38 bits per heavy atom. The van der Waals surface area contributed by atoms with E-state index in [1.165, 1.54) is 0 Å². The third kappa shape index (κ3) is 3.30. The van der Waals surface area contributed by atoms with Gasteiger partial charge in [-0.05, 0) is 24.3 Å². The molecule has 0 atom stereocenters. The molecule has 0 bridgehead atoms. The summed E-state index contributed by atoms with van der Waals surface area (Å²) in [7, 11) is 0. The first kappa shape index (κ1) is 18.3. The van der Waals surface area contributed by atoms with Crippen molar-refractivity contribution in [3.05, 3.63) is 47.0 Å². The van der Waals surface area contributed by atoms with Crippen LogP contribution in [0.5, 0.6) is 11.5 Å². The second-order valence-electron chi connectivity index (χ2n) is 7.30. The molecule has 2 aromatic rings. The lowest BCUT2D eigenvalue weighted by molar-refractivity contribution is -0.114. The SMILES string of the molecule is O=C1C(=O)N(CN2CCN(c3cccc(Cl)c3)CC2)c2cc3c(cc21)OCCO3. The number of ketones is 1. The number of hydrogen-bond acceptors (Lipinski definition) is 6. The van der Waals surface area contributed by atoms with E-state index in [0.717, 1.165) is 36.9 Å². The molecule has 3 aliphatic heterocycles. The van der Waals surface area contributed by atoms with Gasteiger partial charge < -0.3 is 14.4 Å². The number of benzene rings is 2.